The van der Waals surface area contributed by atoms with E-state index in [-0.39, 0.29) is 0 Å². The van der Waals surface area contributed by atoms with Crippen molar-refractivity contribution in [2.75, 3.05) is 11.4 Å². The van der Waals surface area contributed by atoms with Gasteiger partial charge in [0.05, 0.1) is 0 Å². The van der Waals surface area contributed by atoms with Gasteiger partial charge in [-0.15, -0.1) is 0 Å². The van der Waals surface area contributed by atoms with Crippen molar-refractivity contribution >= 4 is 27.8 Å². The Morgan fingerprint density at radius 1 is 1.69 bits per heavy atom. The molecule has 0 aliphatic heterocycles. The van der Waals surface area contributed by atoms with Crippen molar-refractivity contribution in [1.29, 1.82) is 0 Å². The SMILES string of the molecule is CCN(C(=O)O)c1ccc(Br)cn1. The van der Waals surface area contributed by atoms with Crippen LogP contribution in [0.2, 0.25) is 0 Å². The number of carbonyl (C=O) groups is 1. The van der Waals surface area contributed by atoms with Crippen LogP contribution in [0.1, 0.15) is 6.92 Å². The standard InChI is InChI=1S/C8H9BrN2O2/c1-2-11(8(12)13)7-4-3-6(9)5-10-7/h3-5H,2H2,1H3,(H,12,13). The molecule has 0 fully saturated rings. The van der Waals surface area contributed by atoms with Crippen molar-refractivity contribution < 1.29 is 9.90 Å². The van der Waals surface area contributed by atoms with E-state index in [0.29, 0.717) is 12.4 Å². The van der Waals surface area contributed by atoms with E-state index in [2.05, 4.69) is 20.9 Å². The smallest absolute Gasteiger partial charge is 0.412 e. The Labute approximate surface area is 84.3 Å². The van der Waals surface area contributed by atoms with E-state index in [0.717, 1.165) is 4.47 Å². The van der Waals surface area contributed by atoms with Crippen LogP contribution in [0.3, 0.4) is 0 Å². The molecule has 13 heavy (non-hydrogen) atoms. The topological polar surface area (TPSA) is 53.4 Å². The molecule has 0 bridgehead atoms. The lowest BCUT2D eigenvalue weighted by molar-refractivity contribution is 0.202. The number of aromatic nitrogens is 1. The summed E-state index contributed by atoms with van der Waals surface area (Å²) in [6.07, 6.45) is 0.582. The Bertz CT molecular complexity index is 300. The van der Waals surface area contributed by atoms with Gasteiger partial charge < -0.3 is 5.11 Å². The van der Waals surface area contributed by atoms with Crippen molar-refractivity contribution in [1.82, 2.24) is 4.98 Å². The first-order chi connectivity index (χ1) is 6.15. The number of hydrogen-bond acceptors (Lipinski definition) is 2. The Kier molecular flexibility index (Phi) is 3.25. The van der Waals surface area contributed by atoms with Crippen LogP contribution in [0.5, 0.6) is 0 Å². The summed E-state index contributed by atoms with van der Waals surface area (Å²) in [5, 5.41) is 8.77. The molecule has 0 saturated carbocycles. The highest BCUT2D eigenvalue weighted by atomic mass is 79.9. The second-order valence-corrected chi connectivity index (χ2v) is 3.28. The quantitative estimate of drug-likeness (QED) is 0.869. The minimum absolute atomic E-state index is 0.393. The molecule has 1 rings (SSSR count). The second-order valence-electron chi connectivity index (χ2n) is 2.36. The third kappa shape index (κ3) is 2.42. The first kappa shape index (κ1) is 9.98. The predicted octanol–water partition coefficient (Wildman–Crippen LogP) is 2.35. The van der Waals surface area contributed by atoms with Gasteiger partial charge in [0.25, 0.3) is 0 Å². The van der Waals surface area contributed by atoms with Gasteiger partial charge >= 0.3 is 6.09 Å². The molecule has 0 spiro atoms. The second kappa shape index (κ2) is 4.23. The monoisotopic (exact) mass is 244 g/mol. The molecule has 0 aromatic carbocycles. The van der Waals surface area contributed by atoms with Crippen LogP contribution in [-0.2, 0) is 0 Å². The van der Waals surface area contributed by atoms with E-state index in [1.165, 1.54) is 4.90 Å². The summed E-state index contributed by atoms with van der Waals surface area (Å²) in [6.45, 7) is 2.15. The summed E-state index contributed by atoms with van der Waals surface area (Å²) in [7, 11) is 0. The van der Waals surface area contributed by atoms with Crippen LogP contribution in [-0.4, -0.2) is 22.7 Å². The molecule has 0 saturated heterocycles. The molecule has 1 amide bonds. The molecule has 1 heterocycles. The fraction of sp³-hybridized carbons (Fsp3) is 0.250. The van der Waals surface area contributed by atoms with Gasteiger partial charge in [-0.2, -0.15) is 0 Å². The van der Waals surface area contributed by atoms with Gasteiger partial charge in [-0.3, -0.25) is 4.90 Å². The van der Waals surface area contributed by atoms with Crippen LogP contribution in [0.15, 0.2) is 22.8 Å². The van der Waals surface area contributed by atoms with Gasteiger partial charge in [0.2, 0.25) is 0 Å². The van der Waals surface area contributed by atoms with Gasteiger partial charge in [0, 0.05) is 17.2 Å². The molecule has 4 nitrogen and oxygen atoms in total. The van der Waals surface area contributed by atoms with Gasteiger partial charge in [-0.1, -0.05) is 0 Å². The molecule has 0 aliphatic rings. The van der Waals surface area contributed by atoms with Crippen LogP contribution in [0.4, 0.5) is 10.6 Å². The summed E-state index contributed by atoms with van der Waals surface area (Å²) < 4.78 is 0.831. The third-order valence-corrected chi connectivity index (χ3v) is 2.00. The fourth-order valence-corrected chi connectivity index (χ4v) is 1.16. The zero-order valence-electron chi connectivity index (χ0n) is 7.07. The summed E-state index contributed by atoms with van der Waals surface area (Å²) >= 11 is 3.23. The van der Waals surface area contributed by atoms with Crippen molar-refractivity contribution in [2.24, 2.45) is 0 Å². The number of nitrogens with zero attached hydrogens (tertiary/aromatic N) is 2. The third-order valence-electron chi connectivity index (χ3n) is 1.54. The molecule has 0 aliphatic carbocycles. The summed E-state index contributed by atoms with van der Waals surface area (Å²) in [4.78, 5) is 15.8. The molecular formula is C8H9BrN2O2. The highest BCUT2D eigenvalue weighted by Crippen LogP contribution is 2.14. The Balaban J connectivity index is 2.92. The number of carboxylic acid groups (broad SMARTS) is 1. The van der Waals surface area contributed by atoms with E-state index < -0.39 is 6.09 Å². The predicted molar refractivity (Wildman–Crippen MR) is 53.0 cm³/mol. The molecular weight excluding hydrogens is 236 g/mol. The minimum atomic E-state index is -0.989. The van der Waals surface area contributed by atoms with Gasteiger partial charge in [-0.25, -0.2) is 9.78 Å². The molecule has 0 atom stereocenters. The maximum Gasteiger partial charge on any atom is 0.412 e. The lowest BCUT2D eigenvalue weighted by Gasteiger charge is -2.15. The Morgan fingerprint density at radius 2 is 2.38 bits per heavy atom. The van der Waals surface area contributed by atoms with Crippen LogP contribution >= 0.6 is 15.9 Å². The molecule has 1 aromatic heterocycles. The number of rotatable bonds is 2. The first-order valence-corrected chi connectivity index (χ1v) is 4.56. The number of hydrogen-bond donors (Lipinski definition) is 1. The highest BCUT2D eigenvalue weighted by molar-refractivity contribution is 9.10. The Morgan fingerprint density at radius 3 is 2.77 bits per heavy atom. The molecule has 1 aromatic rings. The van der Waals surface area contributed by atoms with Crippen molar-refractivity contribution in [3.63, 3.8) is 0 Å². The zero-order chi connectivity index (χ0) is 9.84. The lowest BCUT2D eigenvalue weighted by Crippen LogP contribution is -2.29. The summed E-state index contributed by atoms with van der Waals surface area (Å²) in [6, 6.07) is 3.41. The van der Waals surface area contributed by atoms with Crippen LogP contribution in [0, 0.1) is 0 Å². The van der Waals surface area contributed by atoms with Crippen LogP contribution < -0.4 is 4.90 Å². The number of pyridine rings is 1. The minimum Gasteiger partial charge on any atom is -0.465 e. The molecule has 0 unspecified atom stereocenters. The van der Waals surface area contributed by atoms with E-state index in [1.54, 1.807) is 25.3 Å². The summed E-state index contributed by atoms with van der Waals surface area (Å²) in [5.74, 6) is 0.443. The molecule has 70 valence electrons. The fourth-order valence-electron chi connectivity index (χ4n) is 0.923. The molecule has 5 heteroatoms. The Hall–Kier alpha value is -1.10. The van der Waals surface area contributed by atoms with Gasteiger partial charge in [0.1, 0.15) is 5.82 Å². The number of halogens is 1. The lowest BCUT2D eigenvalue weighted by atomic mass is 10.4. The largest absolute Gasteiger partial charge is 0.465 e. The van der Waals surface area contributed by atoms with E-state index >= 15 is 0 Å². The molecule has 0 radical (unpaired) electrons. The number of anilines is 1. The zero-order valence-corrected chi connectivity index (χ0v) is 8.65. The van der Waals surface area contributed by atoms with E-state index in [9.17, 15) is 4.79 Å². The van der Waals surface area contributed by atoms with Crippen molar-refractivity contribution in [3.05, 3.63) is 22.8 Å². The highest BCUT2D eigenvalue weighted by Gasteiger charge is 2.12. The first-order valence-electron chi connectivity index (χ1n) is 3.77. The van der Waals surface area contributed by atoms with E-state index in [1.807, 2.05) is 0 Å². The van der Waals surface area contributed by atoms with Crippen molar-refractivity contribution in [3.8, 4) is 0 Å². The van der Waals surface area contributed by atoms with Gasteiger partial charge in [-0.05, 0) is 35.0 Å². The molecule has 1 N–H and O–H groups in total. The normalized spacial score (nSPS) is 9.69. The maximum absolute atomic E-state index is 10.7. The summed E-state index contributed by atoms with van der Waals surface area (Å²) in [5.41, 5.74) is 0. The van der Waals surface area contributed by atoms with Crippen molar-refractivity contribution in [2.45, 2.75) is 6.92 Å². The maximum atomic E-state index is 10.7. The average molecular weight is 245 g/mol. The average Bonchev–Trinajstić information content (AvgIpc) is 2.09. The van der Waals surface area contributed by atoms with Crippen LogP contribution in [0.25, 0.3) is 0 Å². The van der Waals surface area contributed by atoms with E-state index in [4.69, 9.17) is 5.11 Å². The number of amides is 1. The van der Waals surface area contributed by atoms with Gasteiger partial charge in [0.15, 0.2) is 0 Å².